The average Bonchev–Trinajstić information content (AvgIpc) is 2.87. The molecular weight excluding hydrogens is 398 g/mol. The SMILES string of the molecule is Cc1ccc(N(c2ccc(-c3ccccc3)cc2)c2ccc(-c3cccc(C)c3)cc2)cc1. The van der Waals surface area contributed by atoms with Crippen LogP contribution in [0.2, 0.25) is 0 Å². The van der Waals surface area contributed by atoms with Gasteiger partial charge in [0.2, 0.25) is 0 Å². The minimum absolute atomic E-state index is 1.14. The van der Waals surface area contributed by atoms with Crippen LogP contribution in [0.5, 0.6) is 0 Å². The van der Waals surface area contributed by atoms with E-state index in [1.54, 1.807) is 0 Å². The third-order valence-corrected chi connectivity index (χ3v) is 6.00. The van der Waals surface area contributed by atoms with Crippen LogP contribution in [-0.4, -0.2) is 0 Å². The minimum atomic E-state index is 1.14. The molecule has 0 saturated heterocycles. The summed E-state index contributed by atoms with van der Waals surface area (Å²) >= 11 is 0. The van der Waals surface area contributed by atoms with Crippen LogP contribution in [-0.2, 0) is 0 Å². The quantitative estimate of drug-likeness (QED) is 0.271. The molecule has 0 saturated carbocycles. The monoisotopic (exact) mass is 425 g/mol. The maximum Gasteiger partial charge on any atom is 0.0462 e. The van der Waals surface area contributed by atoms with Crippen molar-refractivity contribution in [1.82, 2.24) is 0 Å². The van der Waals surface area contributed by atoms with Gasteiger partial charge in [-0.25, -0.2) is 0 Å². The fourth-order valence-electron chi connectivity index (χ4n) is 4.20. The van der Waals surface area contributed by atoms with Gasteiger partial charge in [0, 0.05) is 17.1 Å². The van der Waals surface area contributed by atoms with Gasteiger partial charge in [-0.3, -0.25) is 0 Å². The number of rotatable bonds is 5. The first-order valence-corrected chi connectivity index (χ1v) is 11.4. The zero-order valence-corrected chi connectivity index (χ0v) is 19.1. The normalized spacial score (nSPS) is 10.7. The first-order valence-electron chi connectivity index (χ1n) is 11.4. The van der Waals surface area contributed by atoms with Gasteiger partial charge in [-0.15, -0.1) is 0 Å². The molecule has 0 spiro atoms. The largest absolute Gasteiger partial charge is 0.311 e. The van der Waals surface area contributed by atoms with Gasteiger partial charge in [0.25, 0.3) is 0 Å². The Morgan fingerprint density at radius 3 is 1.36 bits per heavy atom. The van der Waals surface area contributed by atoms with Crippen molar-refractivity contribution in [2.75, 3.05) is 4.90 Å². The van der Waals surface area contributed by atoms with E-state index in [-0.39, 0.29) is 0 Å². The Kier molecular flexibility index (Phi) is 5.78. The summed E-state index contributed by atoms with van der Waals surface area (Å²) in [5.41, 5.74) is 10.9. The second-order valence-electron chi connectivity index (χ2n) is 8.50. The number of nitrogens with zero attached hydrogens (tertiary/aromatic N) is 1. The third-order valence-electron chi connectivity index (χ3n) is 6.00. The minimum Gasteiger partial charge on any atom is -0.311 e. The Morgan fingerprint density at radius 2 is 0.818 bits per heavy atom. The zero-order chi connectivity index (χ0) is 22.6. The molecule has 0 unspecified atom stereocenters. The number of hydrogen-bond donors (Lipinski definition) is 0. The first kappa shape index (κ1) is 20.8. The van der Waals surface area contributed by atoms with Gasteiger partial charge < -0.3 is 4.90 Å². The molecule has 0 radical (unpaired) electrons. The summed E-state index contributed by atoms with van der Waals surface area (Å²) < 4.78 is 0. The van der Waals surface area contributed by atoms with Crippen LogP contribution in [0.15, 0.2) is 127 Å². The van der Waals surface area contributed by atoms with E-state index in [9.17, 15) is 0 Å². The Morgan fingerprint density at radius 1 is 0.364 bits per heavy atom. The van der Waals surface area contributed by atoms with Gasteiger partial charge in [-0.1, -0.05) is 102 Å². The van der Waals surface area contributed by atoms with E-state index in [1.165, 1.54) is 33.4 Å². The summed E-state index contributed by atoms with van der Waals surface area (Å²) in [6.07, 6.45) is 0. The predicted octanol–water partition coefficient (Wildman–Crippen LogP) is 9.11. The number of aryl methyl sites for hydroxylation is 2. The van der Waals surface area contributed by atoms with Crippen LogP contribution < -0.4 is 4.90 Å². The molecule has 5 aromatic carbocycles. The molecule has 0 aromatic heterocycles. The summed E-state index contributed by atoms with van der Waals surface area (Å²) in [4.78, 5) is 2.31. The maximum absolute atomic E-state index is 2.31. The fourth-order valence-corrected chi connectivity index (χ4v) is 4.20. The molecular formula is C32H27N. The van der Waals surface area contributed by atoms with E-state index in [4.69, 9.17) is 0 Å². The molecule has 0 amide bonds. The lowest BCUT2D eigenvalue weighted by molar-refractivity contribution is 1.27. The molecule has 0 atom stereocenters. The van der Waals surface area contributed by atoms with Crippen LogP contribution in [0.3, 0.4) is 0 Å². The van der Waals surface area contributed by atoms with Crippen LogP contribution in [0.1, 0.15) is 11.1 Å². The summed E-state index contributed by atoms with van der Waals surface area (Å²) in [6.45, 7) is 4.26. The predicted molar refractivity (Wildman–Crippen MR) is 141 cm³/mol. The molecule has 1 nitrogen and oxygen atoms in total. The van der Waals surface area contributed by atoms with Crippen molar-refractivity contribution in [2.24, 2.45) is 0 Å². The molecule has 0 aliphatic heterocycles. The standard InChI is InChI=1S/C32H27N/c1-24-11-17-30(18-12-24)33(31-19-13-27(14-20-31)26-8-4-3-5-9-26)32-21-15-28(16-22-32)29-10-6-7-25(2)23-29/h3-23H,1-2H3. The van der Waals surface area contributed by atoms with Gasteiger partial charge in [0.15, 0.2) is 0 Å². The highest BCUT2D eigenvalue weighted by atomic mass is 15.1. The van der Waals surface area contributed by atoms with Crippen molar-refractivity contribution in [3.8, 4) is 22.3 Å². The molecule has 33 heavy (non-hydrogen) atoms. The van der Waals surface area contributed by atoms with E-state index in [2.05, 4.69) is 146 Å². The third kappa shape index (κ3) is 4.58. The van der Waals surface area contributed by atoms with Crippen molar-refractivity contribution >= 4 is 17.1 Å². The Labute approximate surface area is 196 Å². The van der Waals surface area contributed by atoms with E-state index in [1.807, 2.05) is 0 Å². The lowest BCUT2D eigenvalue weighted by Gasteiger charge is -2.26. The van der Waals surface area contributed by atoms with Crippen molar-refractivity contribution in [3.63, 3.8) is 0 Å². The average molecular weight is 426 g/mol. The smallest absolute Gasteiger partial charge is 0.0462 e. The molecule has 5 aromatic rings. The lowest BCUT2D eigenvalue weighted by atomic mass is 10.0. The van der Waals surface area contributed by atoms with E-state index >= 15 is 0 Å². The van der Waals surface area contributed by atoms with Crippen molar-refractivity contribution in [3.05, 3.63) is 139 Å². The van der Waals surface area contributed by atoms with E-state index in [0.29, 0.717) is 0 Å². The zero-order valence-electron chi connectivity index (χ0n) is 19.1. The lowest BCUT2D eigenvalue weighted by Crippen LogP contribution is -2.09. The Bertz CT molecular complexity index is 1330. The van der Waals surface area contributed by atoms with Gasteiger partial charge >= 0.3 is 0 Å². The Balaban J connectivity index is 1.53. The van der Waals surface area contributed by atoms with Crippen molar-refractivity contribution in [1.29, 1.82) is 0 Å². The number of anilines is 3. The molecule has 0 aliphatic carbocycles. The molecule has 160 valence electrons. The van der Waals surface area contributed by atoms with Crippen molar-refractivity contribution < 1.29 is 0 Å². The van der Waals surface area contributed by atoms with Crippen LogP contribution in [0.4, 0.5) is 17.1 Å². The number of benzene rings is 5. The summed E-state index contributed by atoms with van der Waals surface area (Å²) in [6, 6.07) is 45.5. The highest BCUT2D eigenvalue weighted by molar-refractivity contribution is 5.79. The fraction of sp³-hybridized carbons (Fsp3) is 0.0625. The molecule has 0 fully saturated rings. The molecule has 0 bridgehead atoms. The highest BCUT2D eigenvalue weighted by Crippen LogP contribution is 2.36. The Hall–Kier alpha value is -4.10. The summed E-state index contributed by atoms with van der Waals surface area (Å²) in [5.74, 6) is 0. The first-order chi connectivity index (χ1) is 16.2. The summed E-state index contributed by atoms with van der Waals surface area (Å²) in [5, 5.41) is 0. The van der Waals surface area contributed by atoms with Crippen molar-refractivity contribution in [2.45, 2.75) is 13.8 Å². The van der Waals surface area contributed by atoms with Crippen LogP contribution >= 0.6 is 0 Å². The van der Waals surface area contributed by atoms with E-state index in [0.717, 1.165) is 17.1 Å². The molecule has 5 rings (SSSR count). The van der Waals surface area contributed by atoms with Gasteiger partial charge in [0.05, 0.1) is 0 Å². The highest BCUT2D eigenvalue weighted by Gasteiger charge is 2.13. The maximum atomic E-state index is 2.31. The number of hydrogen-bond acceptors (Lipinski definition) is 1. The van der Waals surface area contributed by atoms with Crippen LogP contribution in [0, 0.1) is 13.8 Å². The molecule has 1 heteroatoms. The topological polar surface area (TPSA) is 3.24 Å². The molecule has 0 N–H and O–H groups in total. The second-order valence-corrected chi connectivity index (χ2v) is 8.50. The molecule has 0 aliphatic rings. The summed E-state index contributed by atoms with van der Waals surface area (Å²) in [7, 11) is 0. The van der Waals surface area contributed by atoms with E-state index < -0.39 is 0 Å². The second kappa shape index (κ2) is 9.18. The van der Waals surface area contributed by atoms with Gasteiger partial charge in [0.1, 0.15) is 0 Å². The van der Waals surface area contributed by atoms with Gasteiger partial charge in [-0.05, 0) is 72.5 Å². The van der Waals surface area contributed by atoms with Crippen LogP contribution in [0.25, 0.3) is 22.3 Å². The van der Waals surface area contributed by atoms with Gasteiger partial charge in [-0.2, -0.15) is 0 Å². The molecule has 0 heterocycles.